The minimum Gasteiger partial charge on any atom is -0.484 e. The Morgan fingerprint density at radius 3 is 2.39 bits per heavy atom. The fourth-order valence-corrected chi connectivity index (χ4v) is 2.76. The van der Waals surface area contributed by atoms with Gasteiger partial charge in [0.05, 0.1) is 20.1 Å². The first-order valence-electron chi connectivity index (χ1n) is 6.52. The standard InChI is InChI=1S/C16H9Cl4NO2/c17-11-4-2-1-3-10(11)15-5-9(23-21-15)8-22-16-7-13(19)12(18)6-14(16)20/h1-7H,8H2. The van der Waals surface area contributed by atoms with E-state index in [4.69, 9.17) is 55.7 Å². The van der Waals surface area contributed by atoms with Crippen molar-refractivity contribution >= 4 is 46.4 Å². The molecule has 23 heavy (non-hydrogen) atoms. The van der Waals surface area contributed by atoms with E-state index in [1.54, 1.807) is 18.2 Å². The lowest BCUT2D eigenvalue weighted by Gasteiger charge is -2.07. The fraction of sp³-hybridized carbons (Fsp3) is 0.0625. The molecule has 0 fully saturated rings. The van der Waals surface area contributed by atoms with Crippen molar-refractivity contribution in [2.45, 2.75) is 6.61 Å². The normalized spacial score (nSPS) is 10.8. The summed E-state index contributed by atoms with van der Waals surface area (Å²) < 4.78 is 10.9. The first-order valence-corrected chi connectivity index (χ1v) is 8.03. The minimum atomic E-state index is 0.148. The molecule has 3 aromatic rings. The van der Waals surface area contributed by atoms with Gasteiger partial charge in [0.25, 0.3) is 0 Å². The molecule has 0 saturated carbocycles. The molecule has 0 atom stereocenters. The molecule has 2 aromatic carbocycles. The first-order chi connectivity index (χ1) is 11.0. The lowest BCUT2D eigenvalue weighted by Crippen LogP contribution is -1.94. The smallest absolute Gasteiger partial charge is 0.174 e. The van der Waals surface area contributed by atoms with Crippen LogP contribution in [0.4, 0.5) is 0 Å². The van der Waals surface area contributed by atoms with Crippen molar-refractivity contribution in [3.63, 3.8) is 0 Å². The second kappa shape index (κ2) is 7.02. The molecule has 3 nitrogen and oxygen atoms in total. The molecular weight excluding hydrogens is 380 g/mol. The predicted molar refractivity (Wildman–Crippen MR) is 92.8 cm³/mol. The zero-order chi connectivity index (χ0) is 16.4. The van der Waals surface area contributed by atoms with Crippen LogP contribution in [-0.2, 0) is 6.61 Å². The van der Waals surface area contributed by atoms with Crippen LogP contribution in [0.5, 0.6) is 5.75 Å². The van der Waals surface area contributed by atoms with Gasteiger partial charge in [0.15, 0.2) is 5.76 Å². The Morgan fingerprint density at radius 2 is 1.61 bits per heavy atom. The Labute approximate surface area is 152 Å². The second-order valence-corrected chi connectivity index (χ2v) is 6.27. The number of benzene rings is 2. The van der Waals surface area contributed by atoms with Gasteiger partial charge in [-0.1, -0.05) is 69.8 Å². The van der Waals surface area contributed by atoms with Crippen molar-refractivity contribution in [3.05, 3.63) is 68.3 Å². The van der Waals surface area contributed by atoms with Crippen LogP contribution in [0.15, 0.2) is 47.0 Å². The highest BCUT2D eigenvalue weighted by molar-refractivity contribution is 6.43. The number of hydrogen-bond donors (Lipinski definition) is 0. The number of aromatic nitrogens is 1. The van der Waals surface area contributed by atoms with E-state index < -0.39 is 0 Å². The number of nitrogens with zero attached hydrogens (tertiary/aromatic N) is 1. The van der Waals surface area contributed by atoms with Gasteiger partial charge < -0.3 is 9.26 Å². The maximum Gasteiger partial charge on any atom is 0.174 e. The molecule has 0 N–H and O–H groups in total. The van der Waals surface area contributed by atoms with E-state index in [9.17, 15) is 0 Å². The fourth-order valence-electron chi connectivity index (χ4n) is 1.94. The number of halogens is 4. The number of ether oxygens (including phenoxy) is 1. The minimum absolute atomic E-state index is 0.148. The average molecular weight is 389 g/mol. The number of rotatable bonds is 4. The summed E-state index contributed by atoms with van der Waals surface area (Å²) in [6.07, 6.45) is 0. The summed E-state index contributed by atoms with van der Waals surface area (Å²) in [5.74, 6) is 0.943. The van der Waals surface area contributed by atoms with Crippen molar-refractivity contribution in [1.29, 1.82) is 0 Å². The van der Waals surface area contributed by atoms with Crippen LogP contribution in [-0.4, -0.2) is 5.16 Å². The summed E-state index contributed by atoms with van der Waals surface area (Å²) in [5.41, 5.74) is 1.42. The van der Waals surface area contributed by atoms with Crippen LogP contribution in [0.25, 0.3) is 11.3 Å². The highest BCUT2D eigenvalue weighted by Crippen LogP contribution is 2.34. The van der Waals surface area contributed by atoms with Crippen LogP contribution in [0, 0.1) is 0 Å². The van der Waals surface area contributed by atoms with Gasteiger partial charge in [0.1, 0.15) is 18.1 Å². The maximum atomic E-state index is 6.14. The molecule has 0 spiro atoms. The van der Waals surface area contributed by atoms with Gasteiger partial charge in [-0.15, -0.1) is 0 Å². The topological polar surface area (TPSA) is 35.3 Å². The molecule has 0 radical (unpaired) electrons. The second-order valence-electron chi connectivity index (χ2n) is 4.64. The van der Waals surface area contributed by atoms with Gasteiger partial charge in [0.2, 0.25) is 0 Å². The third kappa shape index (κ3) is 3.75. The molecule has 3 rings (SSSR count). The van der Waals surface area contributed by atoms with Crippen LogP contribution >= 0.6 is 46.4 Å². The SMILES string of the molecule is Clc1cc(Cl)c(OCc2cc(-c3ccccc3Cl)no2)cc1Cl. The Kier molecular flexibility index (Phi) is 5.02. The monoisotopic (exact) mass is 387 g/mol. The van der Waals surface area contributed by atoms with Crippen LogP contribution in [0.3, 0.4) is 0 Å². The van der Waals surface area contributed by atoms with E-state index in [0.717, 1.165) is 5.56 Å². The summed E-state index contributed by atoms with van der Waals surface area (Å²) in [4.78, 5) is 0. The lowest BCUT2D eigenvalue weighted by molar-refractivity contribution is 0.250. The summed E-state index contributed by atoms with van der Waals surface area (Å²) in [7, 11) is 0. The van der Waals surface area contributed by atoms with Gasteiger partial charge in [-0.3, -0.25) is 0 Å². The molecular formula is C16H9Cl4NO2. The van der Waals surface area contributed by atoms with Crippen molar-refractivity contribution in [1.82, 2.24) is 5.16 Å². The average Bonchev–Trinajstić information content (AvgIpc) is 2.99. The highest BCUT2D eigenvalue weighted by Gasteiger charge is 2.12. The van der Waals surface area contributed by atoms with Gasteiger partial charge in [-0.2, -0.15) is 0 Å². The summed E-state index contributed by atoms with van der Waals surface area (Å²) in [5, 5.41) is 5.68. The van der Waals surface area contributed by atoms with Crippen molar-refractivity contribution in [3.8, 4) is 17.0 Å². The Balaban J connectivity index is 1.76. The van der Waals surface area contributed by atoms with E-state index >= 15 is 0 Å². The molecule has 118 valence electrons. The van der Waals surface area contributed by atoms with E-state index in [0.29, 0.717) is 37.3 Å². The predicted octanol–water partition coefficient (Wildman–Crippen LogP) is 6.53. The van der Waals surface area contributed by atoms with E-state index in [1.807, 2.05) is 18.2 Å². The zero-order valence-electron chi connectivity index (χ0n) is 11.5. The maximum absolute atomic E-state index is 6.14. The van der Waals surface area contributed by atoms with Crippen molar-refractivity contribution in [2.75, 3.05) is 0 Å². The molecule has 0 aliphatic rings. The van der Waals surface area contributed by atoms with Crippen molar-refractivity contribution in [2.24, 2.45) is 0 Å². The van der Waals surface area contributed by atoms with Crippen molar-refractivity contribution < 1.29 is 9.26 Å². The largest absolute Gasteiger partial charge is 0.484 e. The summed E-state index contributed by atoms with van der Waals surface area (Å²) in [6, 6.07) is 12.2. The Bertz CT molecular complexity index is 848. The van der Waals surface area contributed by atoms with Crippen LogP contribution in [0.1, 0.15) is 5.76 Å². The molecule has 0 aliphatic heterocycles. The highest BCUT2D eigenvalue weighted by atomic mass is 35.5. The third-order valence-electron chi connectivity index (χ3n) is 3.05. The lowest BCUT2D eigenvalue weighted by atomic mass is 10.1. The van der Waals surface area contributed by atoms with Crippen LogP contribution < -0.4 is 4.74 Å². The first kappa shape index (κ1) is 16.5. The molecule has 0 unspecified atom stereocenters. The molecule has 1 heterocycles. The molecule has 0 saturated heterocycles. The van der Waals surface area contributed by atoms with Gasteiger partial charge in [-0.05, 0) is 12.1 Å². The van der Waals surface area contributed by atoms with E-state index in [-0.39, 0.29) is 6.61 Å². The third-order valence-corrected chi connectivity index (χ3v) is 4.40. The molecule has 0 aliphatic carbocycles. The van der Waals surface area contributed by atoms with Crippen LogP contribution in [0.2, 0.25) is 20.1 Å². The van der Waals surface area contributed by atoms with Gasteiger partial charge in [-0.25, -0.2) is 0 Å². The number of hydrogen-bond acceptors (Lipinski definition) is 3. The quantitative estimate of drug-likeness (QED) is 0.476. The Hall–Kier alpha value is -1.39. The molecule has 7 heteroatoms. The molecule has 0 amide bonds. The van der Waals surface area contributed by atoms with Gasteiger partial charge in [0, 0.05) is 17.7 Å². The van der Waals surface area contributed by atoms with Gasteiger partial charge >= 0.3 is 0 Å². The van der Waals surface area contributed by atoms with E-state index in [1.165, 1.54) is 6.07 Å². The molecule has 0 bridgehead atoms. The Morgan fingerprint density at radius 1 is 0.870 bits per heavy atom. The summed E-state index contributed by atoms with van der Waals surface area (Å²) >= 11 is 24.0. The summed E-state index contributed by atoms with van der Waals surface area (Å²) in [6.45, 7) is 0.148. The van der Waals surface area contributed by atoms with E-state index in [2.05, 4.69) is 5.16 Å². The molecule has 1 aromatic heterocycles. The zero-order valence-corrected chi connectivity index (χ0v) is 14.5.